The minimum atomic E-state index is -0.684. The maximum absolute atomic E-state index is 12.8. The molecule has 2 aliphatic rings. The van der Waals surface area contributed by atoms with Crippen LogP contribution in [-0.4, -0.2) is 58.7 Å². The van der Waals surface area contributed by atoms with Gasteiger partial charge in [0.2, 0.25) is 11.8 Å². The highest BCUT2D eigenvalue weighted by molar-refractivity contribution is 5.94. The number of pyridine rings is 1. The fraction of sp³-hybridized carbons (Fsp3) is 0.462. The van der Waals surface area contributed by atoms with Gasteiger partial charge in [0.15, 0.2) is 0 Å². The summed E-state index contributed by atoms with van der Waals surface area (Å²) in [5.74, 6) is 0.000327. The molecule has 7 nitrogen and oxygen atoms in total. The molecule has 1 aromatic heterocycles. The Hall–Kier alpha value is -3.22. The maximum atomic E-state index is 12.8. The van der Waals surface area contributed by atoms with Gasteiger partial charge in [-0.05, 0) is 55.4 Å². The zero-order chi connectivity index (χ0) is 23.4. The number of hydrogen-bond donors (Lipinski definition) is 1. The van der Waals surface area contributed by atoms with Crippen molar-refractivity contribution in [2.45, 2.75) is 44.9 Å². The maximum Gasteiger partial charge on any atom is 0.255 e. The number of nitrogens with zero attached hydrogens (tertiary/aromatic N) is 3. The second kappa shape index (κ2) is 9.73. The number of primary amides is 1. The van der Waals surface area contributed by atoms with E-state index in [9.17, 15) is 14.4 Å². The van der Waals surface area contributed by atoms with Gasteiger partial charge in [0, 0.05) is 51.4 Å². The Balaban J connectivity index is 1.51. The minimum absolute atomic E-state index is 0.0619. The van der Waals surface area contributed by atoms with E-state index in [2.05, 4.69) is 17.1 Å². The second-order valence-corrected chi connectivity index (χ2v) is 9.36. The number of carbonyl (C=O) groups is 3. The van der Waals surface area contributed by atoms with Crippen molar-refractivity contribution in [3.63, 3.8) is 0 Å². The van der Waals surface area contributed by atoms with Crippen LogP contribution in [0.15, 0.2) is 48.8 Å². The van der Waals surface area contributed by atoms with Crippen LogP contribution in [0.5, 0.6) is 0 Å². The predicted octanol–water partition coefficient (Wildman–Crippen LogP) is 2.76. The molecule has 3 heterocycles. The molecule has 0 saturated carbocycles. The Morgan fingerprint density at radius 3 is 2.48 bits per heavy atom. The molecule has 4 rings (SSSR count). The lowest BCUT2D eigenvalue weighted by Crippen LogP contribution is -2.50. The van der Waals surface area contributed by atoms with E-state index in [-0.39, 0.29) is 23.6 Å². The first-order valence-electron chi connectivity index (χ1n) is 11.7. The Kier molecular flexibility index (Phi) is 6.77. The number of nitrogens with two attached hydrogens (primary N) is 1. The van der Waals surface area contributed by atoms with Crippen molar-refractivity contribution < 1.29 is 14.4 Å². The number of rotatable bonds is 5. The van der Waals surface area contributed by atoms with E-state index in [0.29, 0.717) is 44.5 Å². The standard InChI is InChI=1S/C26H32N4O3/c1-19(31)30-13-5-8-22(18-30)23-9-3-2-6-20(23)16-26(25(27)33)10-14-29(15-11-26)24(32)21-7-4-12-28-17-21/h2-4,6-7,9,12,17,22H,5,8,10-11,13-16,18H2,1H3,(H2,27,33)/t22-/m0/s1. The highest BCUT2D eigenvalue weighted by Gasteiger charge is 2.42. The molecule has 7 heteroatoms. The monoisotopic (exact) mass is 448 g/mol. The van der Waals surface area contributed by atoms with Crippen LogP contribution < -0.4 is 5.73 Å². The molecule has 0 aliphatic carbocycles. The van der Waals surface area contributed by atoms with Crippen LogP contribution in [0.2, 0.25) is 0 Å². The van der Waals surface area contributed by atoms with E-state index in [0.717, 1.165) is 24.9 Å². The van der Waals surface area contributed by atoms with Crippen molar-refractivity contribution in [3.05, 3.63) is 65.5 Å². The summed E-state index contributed by atoms with van der Waals surface area (Å²) in [7, 11) is 0. The lowest BCUT2D eigenvalue weighted by Gasteiger charge is -2.40. The Morgan fingerprint density at radius 2 is 1.82 bits per heavy atom. The first-order valence-corrected chi connectivity index (χ1v) is 11.7. The third kappa shape index (κ3) is 4.92. The van der Waals surface area contributed by atoms with Gasteiger partial charge in [-0.15, -0.1) is 0 Å². The van der Waals surface area contributed by atoms with Gasteiger partial charge in [-0.25, -0.2) is 0 Å². The highest BCUT2D eigenvalue weighted by atomic mass is 16.2. The molecular formula is C26H32N4O3. The number of carbonyl (C=O) groups excluding carboxylic acids is 3. The third-order valence-electron chi connectivity index (χ3n) is 7.33. The van der Waals surface area contributed by atoms with Gasteiger partial charge >= 0.3 is 0 Å². The van der Waals surface area contributed by atoms with Gasteiger partial charge in [-0.1, -0.05) is 24.3 Å². The van der Waals surface area contributed by atoms with Crippen molar-refractivity contribution in [1.29, 1.82) is 0 Å². The average molecular weight is 449 g/mol. The van der Waals surface area contributed by atoms with Crippen LogP contribution >= 0.6 is 0 Å². The number of likely N-dealkylation sites (tertiary alicyclic amines) is 2. The van der Waals surface area contributed by atoms with Crippen LogP contribution in [0.4, 0.5) is 0 Å². The summed E-state index contributed by atoms with van der Waals surface area (Å²) in [5.41, 5.74) is 8.17. The summed E-state index contributed by atoms with van der Waals surface area (Å²) >= 11 is 0. The van der Waals surface area contributed by atoms with E-state index in [1.807, 2.05) is 17.0 Å². The van der Waals surface area contributed by atoms with E-state index in [1.54, 1.807) is 36.4 Å². The quantitative estimate of drug-likeness (QED) is 0.761. The molecule has 174 valence electrons. The fourth-order valence-electron chi connectivity index (χ4n) is 5.29. The molecule has 1 atom stereocenters. The van der Waals surface area contributed by atoms with E-state index in [4.69, 9.17) is 5.73 Å². The van der Waals surface area contributed by atoms with Gasteiger partial charge in [-0.3, -0.25) is 19.4 Å². The Morgan fingerprint density at radius 1 is 1.06 bits per heavy atom. The zero-order valence-corrected chi connectivity index (χ0v) is 19.2. The fourth-order valence-corrected chi connectivity index (χ4v) is 5.29. The number of hydrogen-bond acceptors (Lipinski definition) is 4. The van der Waals surface area contributed by atoms with Crippen LogP contribution in [0.1, 0.15) is 60.0 Å². The number of piperidine rings is 2. The van der Waals surface area contributed by atoms with Gasteiger partial charge in [0.1, 0.15) is 0 Å². The SMILES string of the molecule is CC(=O)N1CCC[C@H](c2ccccc2CC2(C(N)=O)CCN(C(=O)c3cccnc3)CC2)C1. The van der Waals surface area contributed by atoms with Crippen LogP contribution in [-0.2, 0) is 16.0 Å². The number of aromatic nitrogens is 1. The minimum Gasteiger partial charge on any atom is -0.369 e. The molecular weight excluding hydrogens is 416 g/mol. The second-order valence-electron chi connectivity index (χ2n) is 9.36. The summed E-state index contributed by atoms with van der Waals surface area (Å²) in [6, 6.07) is 11.7. The van der Waals surface area contributed by atoms with Crippen molar-refractivity contribution in [1.82, 2.24) is 14.8 Å². The predicted molar refractivity (Wildman–Crippen MR) is 125 cm³/mol. The smallest absolute Gasteiger partial charge is 0.255 e. The van der Waals surface area contributed by atoms with E-state index in [1.165, 1.54) is 5.56 Å². The third-order valence-corrected chi connectivity index (χ3v) is 7.33. The molecule has 0 unspecified atom stereocenters. The molecule has 0 spiro atoms. The summed E-state index contributed by atoms with van der Waals surface area (Å²) < 4.78 is 0. The molecule has 33 heavy (non-hydrogen) atoms. The van der Waals surface area contributed by atoms with Crippen LogP contribution in [0.25, 0.3) is 0 Å². The Bertz CT molecular complexity index is 1020. The van der Waals surface area contributed by atoms with Crippen molar-refractivity contribution in [2.24, 2.45) is 11.1 Å². The molecule has 2 N–H and O–H groups in total. The zero-order valence-electron chi connectivity index (χ0n) is 19.2. The molecule has 2 fully saturated rings. The summed E-state index contributed by atoms with van der Waals surface area (Å²) in [5, 5.41) is 0. The highest BCUT2D eigenvalue weighted by Crippen LogP contribution is 2.38. The number of benzene rings is 1. The van der Waals surface area contributed by atoms with Crippen LogP contribution in [0, 0.1) is 5.41 Å². The first-order chi connectivity index (χ1) is 15.9. The molecule has 2 saturated heterocycles. The summed E-state index contributed by atoms with van der Waals surface area (Å²) in [4.78, 5) is 45.2. The number of amides is 3. The normalized spacial score (nSPS) is 20.3. The van der Waals surface area contributed by atoms with Crippen molar-refractivity contribution in [2.75, 3.05) is 26.2 Å². The van der Waals surface area contributed by atoms with Gasteiger partial charge in [0.25, 0.3) is 5.91 Å². The van der Waals surface area contributed by atoms with Gasteiger partial charge < -0.3 is 15.5 Å². The van der Waals surface area contributed by atoms with Crippen molar-refractivity contribution >= 4 is 17.7 Å². The molecule has 2 aromatic rings. The molecule has 1 aromatic carbocycles. The molecule has 0 radical (unpaired) electrons. The largest absolute Gasteiger partial charge is 0.369 e. The van der Waals surface area contributed by atoms with Crippen LogP contribution in [0.3, 0.4) is 0 Å². The Labute approximate surface area is 195 Å². The summed E-state index contributed by atoms with van der Waals surface area (Å²) in [6.45, 7) is 4.11. The molecule has 2 aliphatic heterocycles. The van der Waals surface area contributed by atoms with E-state index < -0.39 is 5.41 Å². The topological polar surface area (TPSA) is 96.6 Å². The summed E-state index contributed by atoms with van der Waals surface area (Å²) in [6.07, 6.45) is 6.85. The first kappa shape index (κ1) is 23.0. The lowest BCUT2D eigenvalue weighted by molar-refractivity contribution is -0.130. The lowest BCUT2D eigenvalue weighted by atomic mass is 9.71. The molecule has 0 bridgehead atoms. The average Bonchev–Trinajstić information content (AvgIpc) is 2.85. The molecule has 3 amide bonds. The van der Waals surface area contributed by atoms with Gasteiger partial charge in [-0.2, -0.15) is 0 Å². The van der Waals surface area contributed by atoms with E-state index >= 15 is 0 Å². The van der Waals surface area contributed by atoms with Gasteiger partial charge in [0.05, 0.1) is 11.0 Å². The van der Waals surface area contributed by atoms with Crippen molar-refractivity contribution in [3.8, 4) is 0 Å².